The number of fused-ring (bicyclic) bond motifs is 3. The molecule has 3 heterocycles. The number of H-pyrrole nitrogens is 1. The number of hydrogen-bond acceptors (Lipinski definition) is 3. The highest BCUT2D eigenvalue weighted by Crippen LogP contribution is 2.26. The highest BCUT2D eigenvalue weighted by Gasteiger charge is 2.30. The SMILES string of the molecule is Cc1[nH]c(CN2C[C@H]3CCC[C@@H](C2)N(C)C3)cc1C#N. The molecule has 2 saturated heterocycles. The van der Waals surface area contributed by atoms with Crippen LogP contribution < -0.4 is 0 Å². The van der Waals surface area contributed by atoms with E-state index in [1.165, 1.54) is 38.0 Å². The Morgan fingerprint density at radius 1 is 1.35 bits per heavy atom. The second-order valence-corrected chi connectivity index (χ2v) is 6.53. The minimum Gasteiger partial charge on any atom is -0.360 e. The first kappa shape index (κ1) is 13.7. The molecule has 4 nitrogen and oxygen atoms in total. The summed E-state index contributed by atoms with van der Waals surface area (Å²) < 4.78 is 0. The van der Waals surface area contributed by atoms with E-state index in [0.717, 1.165) is 30.3 Å². The minimum absolute atomic E-state index is 0.703. The largest absolute Gasteiger partial charge is 0.360 e. The summed E-state index contributed by atoms with van der Waals surface area (Å²) in [4.78, 5) is 8.49. The Hall–Kier alpha value is -1.31. The van der Waals surface area contributed by atoms with Crippen LogP contribution in [0.4, 0.5) is 0 Å². The lowest BCUT2D eigenvalue weighted by Gasteiger charge is -2.29. The quantitative estimate of drug-likeness (QED) is 0.897. The lowest BCUT2D eigenvalue weighted by atomic mass is 10.00. The maximum atomic E-state index is 9.06. The lowest BCUT2D eigenvalue weighted by Crippen LogP contribution is -2.38. The van der Waals surface area contributed by atoms with E-state index in [1.807, 2.05) is 13.0 Å². The molecule has 2 aliphatic heterocycles. The fourth-order valence-corrected chi connectivity index (χ4v) is 3.83. The van der Waals surface area contributed by atoms with Crippen LogP contribution in [-0.2, 0) is 6.54 Å². The number of aromatic amines is 1. The predicted molar refractivity (Wildman–Crippen MR) is 79.3 cm³/mol. The maximum absolute atomic E-state index is 9.06. The van der Waals surface area contributed by atoms with Crippen LogP contribution in [0.15, 0.2) is 6.07 Å². The van der Waals surface area contributed by atoms with E-state index >= 15 is 0 Å². The standard InChI is InChI=1S/C16H24N4/c1-12-14(7-17)6-15(18-12)10-20-9-13-4-3-5-16(11-20)19(2)8-13/h6,13,16,18H,3-5,8-11H2,1-2H3/t13-,16-/m0/s1. The van der Waals surface area contributed by atoms with Gasteiger partial charge in [-0.05, 0) is 38.8 Å². The van der Waals surface area contributed by atoms with Gasteiger partial charge in [-0.2, -0.15) is 5.26 Å². The van der Waals surface area contributed by atoms with Gasteiger partial charge >= 0.3 is 0 Å². The van der Waals surface area contributed by atoms with Crippen molar-refractivity contribution in [2.45, 2.75) is 38.8 Å². The van der Waals surface area contributed by atoms with Gasteiger partial charge in [-0.1, -0.05) is 6.42 Å². The van der Waals surface area contributed by atoms with Crippen LogP contribution in [0.3, 0.4) is 0 Å². The molecule has 3 rings (SSSR count). The van der Waals surface area contributed by atoms with E-state index in [9.17, 15) is 0 Å². The van der Waals surface area contributed by atoms with Gasteiger partial charge < -0.3 is 9.88 Å². The Balaban J connectivity index is 1.72. The summed E-state index contributed by atoms with van der Waals surface area (Å²) in [5, 5.41) is 9.06. The molecular formula is C16H24N4. The third kappa shape index (κ3) is 2.74. The van der Waals surface area contributed by atoms with Crippen molar-refractivity contribution in [1.82, 2.24) is 14.8 Å². The molecule has 2 bridgehead atoms. The average molecular weight is 272 g/mol. The number of hydrogen-bond donors (Lipinski definition) is 1. The van der Waals surface area contributed by atoms with Crippen LogP contribution in [0.25, 0.3) is 0 Å². The molecule has 4 heteroatoms. The molecular weight excluding hydrogens is 248 g/mol. The summed E-state index contributed by atoms with van der Waals surface area (Å²) >= 11 is 0. The molecule has 2 fully saturated rings. The van der Waals surface area contributed by atoms with Gasteiger partial charge in [0, 0.05) is 43.6 Å². The number of nitrogens with one attached hydrogen (secondary N) is 1. The van der Waals surface area contributed by atoms with E-state index in [1.54, 1.807) is 0 Å². The van der Waals surface area contributed by atoms with Gasteiger partial charge in [0.2, 0.25) is 0 Å². The van der Waals surface area contributed by atoms with Gasteiger partial charge in [0.1, 0.15) is 6.07 Å². The first-order chi connectivity index (χ1) is 9.65. The summed E-state index contributed by atoms with van der Waals surface area (Å²) in [6, 6.07) is 4.97. The van der Waals surface area contributed by atoms with Gasteiger partial charge in [-0.15, -0.1) is 0 Å². The normalized spacial score (nSPS) is 28.1. The van der Waals surface area contributed by atoms with Crippen molar-refractivity contribution in [2.75, 3.05) is 26.7 Å². The first-order valence-electron chi connectivity index (χ1n) is 7.67. The molecule has 1 aromatic heterocycles. The molecule has 0 aromatic carbocycles. The van der Waals surface area contributed by atoms with Crippen molar-refractivity contribution in [3.63, 3.8) is 0 Å². The van der Waals surface area contributed by atoms with E-state index < -0.39 is 0 Å². The molecule has 0 spiro atoms. The molecule has 0 saturated carbocycles. The van der Waals surface area contributed by atoms with Crippen LogP contribution in [0.1, 0.15) is 36.2 Å². The fourth-order valence-electron chi connectivity index (χ4n) is 3.83. The molecule has 2 atom stereocenters. The number of aryl methyl sites for hydroxylation is 1. The molecule has 20 heavy (non-hydrogen) atoms. The highest BCUT2D eigenvalue weighted by atomic mass is 15.2. The summed E-state index contributed by atoms with van der Waals surface area (Å²) in [7, 11) is 2.28. The zero-order valence-electron chi connectivity index (χ0n) is 12.5. The summed E-state index contributed by atoms with van der Waals surface area (Å²) in [5.41, 5.74) is 2.96. The summed E-state index contributed by atoms with van der Waals surface area (Å²) in [5.74, 6) is 0.805. The van der Waals surface area contributed by atoms with Crippen molar-refractivity contribution in [3.8, 4) is 6.07 Å². The first-order valence-corrected chi connectivity index (χ1v) is 7.67. The fraction of sp³-hybridized carbons (Fsp3) is 0.688. The molecule has 0 amide bonds. The number of likely N-dealkylation sites (N-methyl/N-ethyl adjacent to an activating group) is 1. The number of rotatable bonds is 2. The topological polar surface area (TPSA) is 46.1 Å². The van der Waals surface area contributed by atoms with Gasteiger partial charge in [-0.25, -0.2) is 0 Å². The van der Waals surface area contributed by atoms with Crippen molar-refractivity contribution in [3.05, 3.63) is 23.0 Å². The van der Waals surface area contributed by atoms with Crippen LogP contribution in [-0.4, -0.2) is 47.5 Å². The minimum atomic E-state index is 0.703. The molecule has 0 aliphatic carbocycles. The van der Waals surface area contributed by atoms with Crippen molar-refractivity contribution in [2.24, 2.45) is 5.92 Å². The molecule has 2 aliphatic rings. The van der Waals surface area contributed by atoms with Gasteiger partial charge in [-0.3, -0.25) is 4.90 Å². The van der Waals surface area contributed by atoms with E-state index in [-0.39, 0.29) is 0 Å². The molecule has 0 radical (unpaired) electrons. The highest BCUT2D eigenvalue weighted by molar-refractivity contribution is 5.35. The van der Waals surface area contributed by atoms with Gasteiger partial charge in [0.05, 0.1) is 5.56 Å². The second kappa shape index (κ2) is 5.59. The third-order valence-electron chi connectivity index (χ3n) is 4.89. The summed E-state index contributed by atoms with van der Waals surface area (Å²) in [6.07, 6.45) is 4.08. The Labute approximate surface area is 121 Å². The smallest absolute Gasteiger partial charge is 0.101 e. The summed E-state index contributed by atoms with van der Waals surface area (Å²) in [6.45, 7) is 6.53. The van der Waals surface area contributed by atoms with Crippen LogP contribution in [0.5, 0.6) is 0 Å². The maximum Gasteiger partial charge on any atom is 0.101 e. The zero-order valence-corrected chi connectivity index (χ0v) is 12.5. The van der Waals surface area contributed by atoms with Crippen LogP contribution in [0.2, 0.25) is 0 Å². The van der Waals surface area contributed by atoms with Crippen molar-refractivity contribution < 1.29 is 0 Å². The molecule has 1 aromatic rings. The van der Waals surface area contributed by atoms with Gasteiger partial charge in [0.15, 0.2) is 0 Å². The zero-order chi connectivity index (χ0) is 14.1. The van der Waals surface area contributed by atoms with E-state index in [2.05, 4.69) is 27.9 Å². The average Bonchev–Trinajstić information content (AvgIpc) is 2.54. The van der Waals surface area contributed by atoms with Gasteiger partial charge in [0.25, 0.3) is 0 Å². The predicted octanol–water partition coefficient (Wildman–Crippen LogP) is 2.11. The Kier molecular flexibility index (Phi) is 3.82. The number of nitriles is 1. The Morgan fingerprint density at radius 2 is 2.20 bits per heavy atom. The monoisotopic (exact) mass is 272 g/mol. The van der Waals surface area contributed by atoms with E-state index in [4.69, 9.17) is 5.26 Å². The Bertz CT molecular complexity index is 513. The van der Waals surface area contributed by atoms with Crippen molar-refractivity contribution >= 4 is 0 Å². The number of aromatic nitrogens is 1. The molecule has 108 valence electrons. The number of likely N-dealkylation sites (tertiary alicyclic amines) is 1. The van der Waals surface area contributed by atoms with Crippen molar-refractivity contribution in [1.29, 1.82) is 5.26 Å². The number of nitrogens with zero attached hydrogens (tertiary/aromatic N) is 3. The Morgan fingerprint density at radius 3 is 2.95 bits per heavy atom. The van der Waals surface area contributed by atoms with Crippen LogP contribution >= 0.6 is 0 Å². The van der Waals surface area contributed by atoms with Crippen LogP contribution in [0, 0.1) is 24.2 Å². The second-order valence-electron chi connectivity index (χ2n) is 6.53. The third-order valence-corrected chi connectivity index (χ3v) is 4.89. The molecule has 1 N–H and O–H groups in total. The van der Waals surface area contributed by atoms with E-state index in [0.29, 0.717) is 6.04 Å². The molecule has 0 unspecified atom stereocenters. The lowest BCUT2D eigenvalue weighted by molar-refractivity contribution is 0.186.